The maximum atomic E-state index is 13.0. The van der Waals surface area contributed by atoms with Crippen molar-refractivity contribution in [3.05, 3.63) is 54.6 Å². The van der Waals surface area contributed by atoms with Gasteiger partial charge in [0.25, 0.3) is 0 Å². The van der Waals surface area contributed by atoms with E-state index < -0.39 is 10.0 Å². The second kappa shape index (κ2) is 9.30. The van der Waals surface area contributed by atoms with E-state index in [1.54, 1.807) is 21.9 Å². The zero-order valence-electron chi connectivity index (χ0n) is 17.9. The topological polar surface area (TPSA) is 96.0 Å². The summed E-state index contributed by atoms with van der Waals surface area (Å²) in [6.07, 6.45) is 1.27. The number of amides is 2. The van der Waals surface area contributed by atoms with Gasteiger partial charge in [-0.2, -0.15) is 0 Å². The molecule has 2 aliphatic rings. The van der Waals surface area contributed by atoms with Gasteiger partial charge in [0.05, 0.1) is 17.9 Å². The van der Waals surface area contributed by atoms with Crippen molar-refractivity contribution in [2.24, 2.45) is 5.92 Å². The third-order valence-electron chi connectivity index (χ3n) is 6.04. The fourth-order valence-electron chi connectivity index (χ4n) is 4.25. The minimum atomic E-state index is -3.64. The molecule has 0 bridgehead atoms. The highest BCUT2D eigenvalue weighted by Crippen LogP contribution is 2.27. The minimum Gasteiger partial charge on any atom is -0.497 e. The molecule has 0 aromatic heterocycles. The summed E-state index contributed by atoms with van der Waals surface area (Å²) in [6.45, 7) is 1.31. The summed E-state index contributed by atoms with van der Waals surface area (Å²) in [5, 5.41) is 0. The van der Waals surface area contributed by atoms with Gasteiger partial charge in [0.15, 0.2) is 0 Å². The number of carbonyl (C=O) groups excluding carboxylic acids is 2. The molecule has 0 aliphatic carbocycles. The molecule has 1 unspecified atom stereocenters. The maximum Gasteiger partial charge on any atom is 0.240 e. The number of para-hydroxylation sites is 1. The summed E-state index contributed by atoms with van der Waals surface area (Å²) in [6, 6.07) is 15.4. The number of hydrogen-bond acceptors (Lipinski definition) is 5. The number of benzene rings is 2. The molecule has 2 amide bonds. The van der Waals surface area contributed by atoms with Crippen molar-refractivity contribution in [2.45, 2.75) is 30.2 Å². The Morgan fingerprint density at radius 2 is 1.69 bits per heavy atom. The van der Waals surface area contributed by atoms with Crippen LogP contribution in [0, 0.1) is 5.92 Å². The number of carbonyl (C=O) groups is 2. The number of hydrogen-bond donors (Lipinski definition) is 1. The van der Waals surface area contributed by atoms with Gasteiger partial charge in [-0.1, -0.05) is 18.2 Å². The van der Waals surface area contributed by atoms with Crippen molar-refractivity contribution < 1.29 is 22.7 Å². The standard InChI is InChI=1S/C23H27N3O5S/c1-31-20-7-9-21(10-8-20)32(29,30)24-18-11-13-25(14-12-18)23(28)17-15-22(27)26(16-17)19-5-3-2-4-6-19/h2-10,17-18,24H,11-16H2,1H3. The molecule has 0 radical (unpaired) electrons. The summed E-state index contributed by atoms with van der Waals surface area (Å²) in [5.74, 6) is 0.146. The Hall–Kier alpha value is -2.91. The molecule has 8 nitrogen and oxygen atoms in total. The lowest BCUT2D eigenvalue weighted by molar-refractivity contribution is -0.136. The molecule has 9 heteroatoms. The summed E-state index contributed by atoms with van der Waals surface area (Å²) < 4.78 is 33.1. The number of rotatable bonds is 6. The highest BCUT2D eigenvalue weighted by molar-refractivity contribution is 7.89. The number of methoxy groups -OCH3 is 1. The van der Waals surface area contributed by atoms with E-state index in [1.165, 1.54) is 19.2 Å². The normalized spacial score (nSPS) is 19.9. The van der Waals surface area contributed by atoms with Crippen LogP contribution in [0.15, 0.2) is 59.5 Å². The molecule has 4 rings (SSSR count). The van der Waals surface area contributed by atoms with Gasteiger partial charge >= 0.3 is 0 Å². The molecule has 2 aromatic carbocycles. The average Bonchev–Trinajstić information content (AvgIpc) is 3.21. The molecule has 2 aromatic rings. The maximum absolute atomic E-state index is 13.0. The van der Waals surface area contributed by atoms with E-state index in [2.05, 4.69) is 4.72 Å². The third-order valence-corrected chi connectivity index (χ3v) is 7.58. The highest BCUT2D eigenvalue weighted by atomic mass is 32.2. The number of likely N-dealkylation sites (tertiary alicyclic amines) is 1. The van der Waals surface area contributed by atoms with Crippen LogP contribution in [-0.2, 0) is 19.6 Å². The van der Waals surface area contributed by atoms with Gasteiger partial charge in [0.1, 0.15) is 5.75 Å². The Bertz CT molecular complexity index is 1060. The average molecular weight is 458 g/mol. The van der Waals surface area contributed by atoms with Gasteiger partial charge in [0, 0.05) is 37.8 Å². The molecule has 2 aliphatic heterocycles. The van der Waals surface area contributed by atoms with E-state index in [0.717, 1.165) is 5.69 Å². The smallest absolute Gasteiger partial charge is 0.240 e. The lowest BCUT2D eigenvalue weighted by Crippen LogP contribution is -2.48. The van der Waals surface area contributed by atoms with E-state index in [1.807, 2.05) is 30.3 Å². The molecule has 2 heterocycles. The van der Waals surface area contributed by atoms with Crippen molar-refractivity contribution in [1.82, 2.24) is 9.62 Å². The van der Waals surface area contributed by atoms with Crippen LogP contribution in [0.1, 0.15) is 19.3 Å². The predicted molar refractivity (Wildman–Crippen MR) is 120 cm³/mol. The van der Waals surface area contributed by atoms with Gasteiger partial charge in [-0.05, 0) is 49.2 Å². The highest BCUT2D eigenvalue weighted by Gasteiger charge is 2.38. The Morgan fingerprint density at radius 3 is 2.31 bits per heavy atom. The van der Waals surface area contributed by atoms with Crippen LogP contribution in [0.5, 0.6) is 5.75 Å². The van der Waals surface area contributed by atoms with Crippen LogP contribution < -0.4 is 14.4 Å². The van der Waals surface area contributed by atoms with Crippen LogP contribution in [0.2, 0.25) is 0 Å². The first-order valence-electron chi connectivity index (χ1n) is 10.7. The van der Waals surface area contributed by atoms with Crippen molar-refractivity contribution in [2.75, 3.05) is 31.6 Å². The fraction of sp³-hybridized carbons (Fsp3) is 0.391. The number of sulfonamides is 1. The summed E-state index contributed by atoms with van der Waals surface area (Å²) in [7, 11) is -2.12. The van der Waals surface area contributed by atoms with Crippen LogP contribution in [-0.4, -0.2) is 57.9 Å². The van der Waals surface area contributed by atoms with Crippen molar-refractivity contribution in [3.63, 3.8) is 0 Å². The Balaban J connectivity index is 1.31. The van der Waals surface area contributed by atoms with Gasteiger partial charge in [0.2, 0.25) is 21.8 Å². The van der Waals surface area contributed by atoms with Crippen molar-refractivity contribution >= 4 is 27.5 Å². The van der Waals surface area contributed by atoms with E-state index in [0.29, 0.717) is 38.2 Å². The molecule has 32 heavy (non-hydrogen) atoms. The van der Waals surface area contributed by atoms with Gasteiger partial charge in [-0.3, -0.25) is 9.59 Å². The second-order valence-electron chi connectivity index (χ2n) is 8.14. The lowest BCUT2D eigenvalue weighted by Gasteiger charge is -2.33. The molecule has 1 N–H and O–H groups in total. The zero-order valence-corrected chi connectivity index (χ0v) is 18.8. The van der Waals surface area contributed by atoms with Gasteiger partial charge in [-0.15, -0.1) is 0 Å². The van der Waals surface area contributed by atoms with Crippen LogP contribution in [0.4, 0.5) is 5.69 Å². The quantitative estimate of drug-likeness (QED) is 0.716. The predicted octanol–water partition coefficient (Wildman–Crippen LogP) is 2.02. The second-order valence-corrected chi connectivity index (χ2v) is 9.85. The minimum absolute atomic E-state index is 0.0340. The van der Waals surface area contributed by atoms with Crippen molar-refractivity contribution in [3.8, 4) is 5.75 Å². The Kier molecular flexibility index (Phi) is 6.48. The monoisotopic (exact) mass is 457 g/mol. The largest absolute Gasteiger partial charge is 0.497 e. The molecular formula is C23H27N3O5S. The van der Waals surface area contributed by atoms with Crippen LogP contribution in [0.25, 0.3) is 0 Å². The fourth-order valence-corrected chi connectivity index (χ4v) is 5.55. The molecule has 2 fully saturated rings. The summed E-state index contributed by atoms with van der Waals surface area (Å²) in [5.41, 5.74) is 0.805. The lowest BCUT2D eigenvalue weighted by atomic mass is 10.0. The molecular weight excluding hydrogens is 430 g/mol. The van der Waals surface area contributed by atoms with Crippen LogP contribution in [0.3, 0.4) is 0 Å². The number of nitrogens with one attached hydrogen (secondary N) is 1. The summed E-state index contributed by atoms with van der Waals surface area (Å²) in [4.78, 5) is 29.0. The first-order valence-corrected chi connectivity index (χ1v) is 12.2. The number of anilines is 1. The SMILES string of the molecule is COc1ccc(S(=O)(=O)NC2CCN(C(=O)C3CC(=O)N(c4ccccc4)C3)CC2)cc1. The van der Waals surface area contributed by atoms with E-state index in [4.69, 9.17) is 4.74 Å². The first-order chi connectivity index (χ1) is 15.4. The van der Waals surface area contributed by atoms with Gasteiger partial charge < -0.3 is 14.5 Å². The Morgan fingerprint density at radius 1 is 1.03 bits per heavy atom. The molecule has 170 valence electrons. The molecule has 1 atom stereocenters. The van der Waals surface area contributed by atoms with Crippen LogP contribution >= 0.6 is 0 Å². The van der Waals surface area contributed by atoms with E-state index in [9.17, 15) is 18.0 Å². The molecule has 2 saturated heterocycles. The van der Waals surface area contributed by atoms with Gasteiger partial charge in [-0.25, -0.2) is 13.1 Å². The Labute approximate surface area is 188 Å². The number of nitrogens with zero attached hydrogens (tertiary/aromatic N) is 2. The zero-order chi connectivity index (χ0) is 22.7. The van der Waals surface area contributed by atoms with Crippen molar-refractivity contribution in [1.29, 1.82) is 0 Å². The molecule has 0 spiro atoms. The number of ether oxygens (including phenoxy) is 1. The molecule has 0 saturated carbocycles. The van der Waals surface area contributed by atoms with E-state index in [-0.39, 0.29) is 35.1 Å². The first kappa shape index (κ1) is 22.3. The third kappa shape index (κ3) is 4.78. The van der Waals surface area contributed by atoms with E-state index >= 15 is 0 Å². The number of piperidine rings is 1. The summed E-state index contributed by atoms with van der Waals surface area (Å²) >= 11 is 0.